The van der Waals surface area contributed by atoms with Crippen LogP contribution < -0.4 is 11.1 Å². The Hall–Kier alpha value is -1.59. The van der Waals surface area contributed by atoms with E-state index < -0.39 is 0 Å². The fourth-order valence-corrected chi connectivity index (χ4v) is 2.07. The summed E-state index contributed by atoms with van der Waals surface area (Å²) in [6.45, 7) is 7.78. The molecule has 0 fully saturated rings. The number of nitrogens with two attached hydrogens (primary N) is 1. The molecule has 0 aliphatic carbocycles. The number of aryl methyl sites for hydroxylation is 1. The lowest BCUT2D eigenvalue weighted by Gasteiger charge is -2.26. The molecule has 0 aliphatic rings. The first-order chi connectivity index (χ1) is 9.47. The van der Waals surface area contributed by atoms with Gasteiger partial charge in [0.05, 0.1) is 13.2 Å². The topological polar surface area (TPSA) is 67.6 Å². The van der Waals surface area contributed by atoms with Crippen molar-refractivity contribution < 1.29 is 9.53 Å². The number of methoxy groups -OCH3 is 1. The maximum atomic E-state index is 12.1. The summed E-state index contributed by atoms with van der Waals surface area (Å²) in [6.07, 6.45) is 0. The highest BCUT2D eigenvalue weighted by molar-refractivity contribution is 5.93. The SMILES string of the molecule is CCN(CC(=O)Nc1cc(N)ccc1C)C(C)COC. The van der Waals surface area contributed by atoms with Gasteiger partial charge in [-0.1, -0.05) is 13.0 Å². The molecule has 1 aromatic rings. The van der Waals surface area contributed by atoms with Crippen LogP contribution in [-0.2, 0) is 9.53 Å². The van der Waals surface area contributed by atoms with E-state index in [2.05, 4.69) is 10.2 Å². The van der Waals surface area contributed by atoms with Gasteiger partial charge in [-0.05, 0) is 38.1 Å². The third-order valence-corrected chi connectivity index (χ3v) is 3.32. The van der Waals surface area contributed by atoms with Gasteiger partial charge < -0.3 is 15.8 Å². The molecule has 0 aliphatic heterocycles. The van der Waals surface area contributed by atoms with Crippen molar-refractivity contribution in [3.05, 3.63) is 23.8 Å². The van der Waals surface area contributed by atoms with Crippen LogP contribution in [0.3, 0.4) is 0 Å². The van der Waals surface area contributed by atoms with E-state index in [1.165, 1.54) is 0 Å². The van der Waals surface area contributed by atoms with E-state index in [0.717, 1.165) is 17.8 Å². The number of carbonyl (C=O) groups is 1. The van der Waals surface area contributed by atoms with Crippen LogP contribution in [0, 0.1) is 6.92 Å². The van der Waals surface area contributed by atoms with Crippen LogP contribution in [0.5, 0.6) is 0 Å². The molecule has 5 nitrogen and oxygen atoms in total. The Labute approximate surface area is 121 Å². The molecule has 0 bridgehead atoms. The van der Waals surface area contributed by atoms with Gasteiger partial charge >= 0.3 is 0 Å². The van der Waals surface area contributed by atoms with Gasteiger partial charge in [-0.3, -0.25) is 9.69 Å². The predicted molar refractivity (Wildman–Crippen MR) is 82.8 cm³/mol. The first kappa shape index (κ1) is 16.5. The van der Waals surface area contributed by atoms with Gasteiger partial charge in [0.1, 0.15) is 0 Å². The molecule has 3 N–H and O–H groups in total. The lowest BCUT2D eigenvalue weighted by Crippen LogP contribution is -2.41. The predicted octanol–water partition coefficient (Wildman–Crippen LogP) is 1.87. The molecule has 0 saturated carbocycles. The molecule has 0 aromatic heterocycles. The number of hydrogen-bond acceptors (Lipinski definition) is 4. The van der Waals surface area contributed by atoms with Gasteiger partial charge in [-0.25, -0.2) is 0 Å². The maximum absolute atomic E-state index is 12.1. The van der Waals surface area contributed by atoms with E-state index in [1.54, 1.807) is 13.2 Å². The maximum Gasteiger partial charge on any atom is 0.238 e. The second-order valence-electron chi connectivity index (χ2n) is 4.99. The van der Waals surface area contributed by atoms with Crippen LogP contribution >= 0.6 is 0 Å². The molecule has 0 spiro atoms. The number of nitrogen functional groups attached to an aromatic ring is 1. The number of nitrogens with one attached hydrogen (secondary N) is 1. The standard InChI is InChI=1S/C15H25N3O2/c1-5-18(12(3)10-20-4)9-15(19)17-14-8-13(16)7-6-11(14)2/h6-8,12H,5,9-10,16H2,1-4H3,(H,17,19). The van der Waals surface area contributed by atoms with Crippen molar-refractivity contribution in [3.8, 4) is 0 Å². The second-order valence-corrected chi connectivity index (χ2v) is 4.99. The normalized spacial score (nSPS) is 12.4. The molecule has 1 amide bonds. The van der Waals surface area contributed by atoms with Gasteiger partial charge in [0.25, 0.3) is 0 Å². The molecule has 20 heavy (non-hydrogen) atoms. The average Bonchev–Trinajstić information content (AvgIpc) is 2.40. The van der Waals surface area contributed by atoms with Crippen LogP contribution in [0.4, 0.5) is 11.4 Å². The van der Waals surface area contributed by atoms with Crippen molar-refractivity contribution >= 4 is 17.3 Å². The molecule has 0 heterocycles. The van der Waals surface area contributed by atoms with Gasteiger partial charge in [0, 0.05) is 24.5 Å². The van der Waals surface area contributed by atoms with Crippen LogP contribution in [0.1, 0.15) is 19.4 Å². The Morgan fingerprint density at radius 2 is 2.20 bits per heavy atom. The van der Waals surface area contributed by atoms with E-state index in [-0.39, 0.29) is 11.9 Å². The molecule has 1 atom stereocenters. The fraction of sp³-hybridized carbons (Fsp3) is 0.533. The third kappa shape index (κ3) is 4.83. The number of ether oxygens (including phenoxy) is 1. The minimum Gasteiger partial charge on any atom is -0.399 e. The van der Waals surface area contributed by atoms with Crippen LogP contribution in [-0.4, -0.2) is 43.7 Å². The summed E-state index contributed by atoms with van der Waals surface area (Å²) in [5, 5.41) is 2.91. The molecule has 112 valence electrons. The van der Waals surface area contributed by atoms with Gasteiger partial charge in [0.15, 0.2) is 0 Å². The molecular weight excluding hydrogens is 254 g/mol. The number of amides is 1. The monoisotopic (exact) mass is 279 g/mol. The number of hydrogen-bond donors (Lipinski definition) is 2. The van der Waals surface area contributed by atoms with Crippen LogP contribution in [0.2, 0.25) is 0 Å². The summed E-state index contributed by atoms with van der Waals surface area (Å²) in [4.78, 5) is 14.2. The molecule has 0 saturated heterocycles. The summed E-state index contributed by atoms with van der Waals surface area (Å²) in [5.41, 5.74) is 8.15. The van der Waals surface area contributed by atoms with Crippen molar-refractivity contribution in [2.24, 2.45) is 0 Å². The quantitative estimate of drug-likeness (QED) is 0.748. The summed E-state index contributed by atoms with van der Waals surface area (Å²) in [7, 11) is 1.67. The molecular formula is C15H25N3O2. The van der Waals surface area contributed by atoms with Crippen molar-refractivity contribution in [2.45, 2.75) is 26.8 Å². The number of carbonyl (C=O) groups excluding carboxylic acids is 1. The van der Waals surface area contributed by atoms with E-state index in [0.29, 0.717) is 18.8 Å². The molecule has 1 rings (SSSR count). The number of likely N-dealkylation sites (N-methyl/N-ethyl adjacent to an activating group) is 1. The van der Waals surface area contributed by atoms with Gasteiger partial charge in [-0.15, -0.1) is 0 Å². The summed E-state index contributed by atoms with van der Waals surface area (Å²) in [5.74, 6) is -0.0384. The first-order valence-corrected chi connectivity index (χ1v) is 6.86. The Bertz CT molecular complexity index is 449. The highest BCUT2D eigenvalue weighted by Crippen LogP contribution is 2.18. The second kappa shape index (κ2) is 7.87. The largest absolute Gasteiger partial charge is 0.399 e. The first-order valence-electron chi connectivity index (χ1n) is 6.86. The zero-order chi connectivity index (χ0) is 15.1. The molecule has 1 aromatic carbocycles. The average molecular weight is 279 g/mol. The van der Waals surface area contributed by atoms with Crippen molar-refractivity contribution in [2.75, 3.05) is 37.9 Å². The fourth-order valence-electron chi connectivity index (χ4n) is 2.07. The van der Waals surface area contributed by atoms with Crippen LogP contribution in [0.25, 0.3) is 0 Å². The Kier molecular flexibility index (Phi) is 6.48. The summed E-state index contributed by atoms with van der Waals surface area (Å²) in [6, 6.07) is 5.71. The molecule has 1 unspecified atom stereocenters. The zero-order valence-corrected chi connectivity index (χ0v) is 12.8. The highest BCUT2D eigenvalue weighted by atomic mass is 16.5. The lowest BCUT2D eigenvalue weighted by atomic mass is 10.2. The Balaban J connectivity index is 2.64. The number of rotatable bonds is 7. The van der Waals surface area contributed by atoms with Crippen molar-refractivity contribution in [3.63, 3.8) is 0 Å². The highest BCUT2D eigenvalue weighted by Gasteiger charge is 2.16. The molecule has 0 radical (unpaired) electrons. The van der Waals surface area contributed by atoms with E-state index in [4.69, 9.17) is 10.5 Å². The smallest absolute Gasteiger partial charge is 0.238 e. The minimum absolute atomic E-state index is 0.0384. The Morgan fingerprint density at radius 1 is 1.50 bits per heavy atom. The molecule has 5 heteroatoms. The Morgan fingerprint density at radius 3 is 2.80 bits per heavy atom. The van der Waals surface area contributed by atoms with E-state index in [9.17, 15) is 4.79 Å². The third-order valence-electron chi connectivity index (χ3n) is 3.32. The van der Waals surface area contributed by atoms with Crippen LogP contribution in [0.15, 0.2) is 18.2 Å². The van der Waals surface area contributed by atoms with Crippen molar-refractivity contribution in [1.29, 1.82) is 0 Å². The summed E-state index contributed by atoms with van der Waals surface area (Å²) < 4.78 is 5.13. The lowest BCUT2D eigenvalue weighted by molar-refractivity contribution is -0.118. The van der Waals surface area contributed by atoms with E-state index >= 15 is 0 Å². The minimum atomic E-state index is -0.0384. The van der Waals surface area contributed by atoms with Gasteiger partial charge in [0.2, 0.25) is 5.91 Å². The number of benzene rings is 1. The van der Waals surface area contributed by atoms with E-state index in [1.807, 2.05) is 32.9 Å². The number of nitrogens with zero attached hydrogens (tertiary/aromatic N) is 1. The zero-order valence-electron chi connectivity index (χ0n) is 12.8. The number of anilines is 2. The van der Waals surface area contributed by atoms with Crippen molar-refractivity contribution in [1.82, 2.24) is 4.90 Å². The summed E-state index contributed by atoms with van der Waals surface area (Å²) >= 11 is 0. The van der Waals surface area contributed by atoms with Gasteiger partial charge in [-0.2, -0.15) is 0 Å².